The molecule has 0 bridgehead atoms. The molecule has 0 fully saturated rings. The molecule has 1 N–H and O–H groups in total. The first-order valence-corrected chi connectivity index (χ1v) is 9.53. The number of hydrogen-bond acceptors (Lipinski definition) is 4. The summed E-state index contributed by atoms with van der Waals surface area (Å²) >= 11 is 6.12. The minimum atomic E-state index is -0.110. The van der Waals surface area contributed by atoms with Crippen LogP contribution in [0.15, 0.2) is 47.3 Å². The number of benzene rings is 2. The van der Waals surface area contributed by atoms with Crippen molar-refractivity contribution in [3.8, 4) is 11.4 Å². The lowest BCUT2D eigenvalue weighted by Crippen LogP contribution is -2.30. The average molecular weight is 386 g/mol. The van der Waals surface area contributed by atoms with Crippen LogP contribution in [0.1, 0.15) is 38.6 Å². The van der Waals surface area contributed by atoms with Gasteiger partial charge in [0.2, 0.25) is 0 Å². The molecule has 0 aliphatic rings. The average Bonchev–Trinajstić information content (AvgIpc) is 2.68. The largest absolute Gasteiger partial charge is 0.497 e. The molecule has 1 heterocycles. The second-order valence-electron chi connectivity index (χ2n) is 6.50. The Labute approximate surface area is 164 Å². The Morgan fingerprint density at radius 1 is 1.22 bits per heavy atom. The van der Waals surface area contributed by atoms with Crippen LogP contribution < -0.4 is 15.6 Å². The fourth-order valence-corrected chi connectivity index (χ4v) is 3.20. The number of ether oxygens (including phenoxy) is 1. The highest BCUT2D eigenvalue weighted by atomic mass is 35.5. The lowest BCUT2D eigenvalue weighted by molar-refractivity contribution is 0.414. The van der Waals surface area contributed by atoms with E-state index in [2.05, 4.69) is 12.2 Å². The summed E-state index contributed by atoms with van der Waals surface area (Å²) in [6, 6.07) is 12.5. The number of aromatic nitrogens is 2. The molecule has 2 aromatic carbocycles. The molecule has 0 unspecified atom stereocenters. The van der Waals surface area contributed by atoms with Gasteiger partial charge < -0.3 is 10.1 Å². The van der Waals surface area contributed by atoms with E-state index < -0.39 is 0 Å². The normalized spacial score (nSPS) is 12.3. The van der Waals surface area contributed by atoms with Crippen LogP contribution in [-0.2, 0) is 0 Å². The summed E-state index contributed by atoms with van der Waals surface area (Å²) < 4.78 is 6.90. The standard InChI is InChI=1S/C21H24ClN3O2/c1-4-5-12-23-14(2)20-24-19-13-15(22)6-11-18(19)21(26)25(20)16-7-9-17(27-3)10-8-16/h6-11,13-14,23H,4-5,12H2,1-3H3/t14-/m1/s1. The van der Waals surface area contributed by atoms with Crippen LogP contribution in [0.4, 0.5) is 0 Å². The predicted octanol–water partition coefficient (Wildman–Crippen LogP) is 4.50. The molecule has 142 valence electrons. The molecule has 0 saturated carbocycles. The molecule has 0 aliphatic carbocycles. The summed E-state index contributed by atoms with van der Waals surface area (Å²) in [4.78, 5) is 18.0. The highest BCUT2D eigenvalue weighted by Crippen LogP contribution is 2.22. The van der Waals surface area contributed by atoms with Crippen LogP contribution in [0.3, 0.4) is 0 Å². The van der Waals surface area contributed by atoms with Crippen molar-refractivity contribution in [3.05, 3.63) is 63.7 Å². The summed E-state index contributed by atoms with van der Waals surface area (Å²) in [5, 5.41) is 4.56. The minimum Gasteiger partial charge on any atom is -0.497 e. The minimum absolute atomic E-state index is 0.0882. The van der Waals surface area contributed by atoms with Crippen molar-refractivity contribution in [1.29, 1.82) is 0 Å². The number of unbranched alkanes of at least 4 members (excludes halogenated alkanes) is 1. The zero-order chi connectivity index (χ0) is 19.4. The Bertz CT molecular complexity index is 983. The van der Waals surface area contributed by atoms with E-state index in [1.54, 1.807) is 29.9 Å². The molecule has 0 aliphatic heterocycles. The number of nitrogens with zero attached hydrogens (tertiary/aromatic N) is 2. The fraction of sp³-hybridized carbons (Fsp3) is 0.333. The number of methoxy groups -OCH3 is 1. The number of halogens is 1. The SMILES string of the molecule is CCCCN[C@H](C)c1nc2cc(Cl)ccc2c(=O)n1-c1ccc(OC)cc1. The van der Waals surface area contributed by atoms with Gasteiger partial charge in [-0.05, 0) is 62.4 Å². The lowest BCUT2D eigenvalue weighted by Gasteiger charge is -2.20. The Morgan fingerprint density at radius 2 is 1.96 bits per heavy atom. The molecular formula is C21H24ClN3O2. The van der Waals surface area contributed by atoms with E-state index in [0.29, 0.717) is 21.7 Å². The number of fused-ring (bicyclic) bond motifs is 1. The molecule has 0 radical (unpaired) electrons. The first-order valence-electron chi connectivity index (χ1n) is 9.15. The van der Waals surface area contributed by atoms with E-state index in [1.807, 2.05) is 31.2 Å². The summed E-state index contributed by atoms with van der Waals surface area (Å²) in [7, 11) is 1.62. The van der Waals surface area contributed by atoms with Gasteiger partial charge in [0.05, 0.1) is 29.7 Å². The van der Waals surface area contributed by atoms with Gasteiger partial charge in [0.15, 0.2) is 0 Å². The third kappa shape index (κ3) is 4.15. The first kappa shape index (κ1) is 19.4. The number of nitrogens with one attached hydrogen (secondary N) is 1. The van der Waals surface area contributed by atoms with Crippen molar-refractivity contribution in [2.45, 2.75) is 32.7 Å². The molecule has 1 aromatic heterocycles. The van der Waals surface area contributed by atoms with Gasteiger partial charge in [-0.2, -0.15) is 0 Å². The summed E-state index contributed by atoms with van der Waals surface area (Å²) in [6.07, 6.45) is 2.17. The van der Waals surface area contributed by atoms with E-state index in [0.717, 1.165) is 30.8 Å². The molecule has 0 saturated heterocycles. The summed E-state index contributed by atoms with van der Waals surface area (Å²) in [5.74, 6) is 1.40. The van der Waals surface area contributed by atoms with Crippen LogP contribution in [0.5, 0.6) is 5.75 Å². The smallest absolute Gasteiger partial charge is 0.266 e. The molecular weight excluding hydrogens is 362 g/mol. The maximum atomic E-state index is 13.3. The molecule has 5 nitrogen and oxygen atoms in total. The van der Waals surface area contributed by atoms with Gasteiger partial charge in [0.1, 0.15) is 11.6 Å². The van der Waals surface area contributed by atoms with E-state index in [1.165, 1.54) is 0 Å². The molecule has 1 atom stereocenters. The highest BCUT2D eigenvalue weighted by Gasteiger charge is 2.18. The molecule has 6 heteroatoms. The van der Waals surface area contributed by atoms with Crippen LogP contribution in [-0.4, -0.2) is 23.2 Å². The fourth-order valence-electron chi connectivity index (χ4n) is 3.03. The second kappa shape index (κ2) is 8.55. The van der Waals surface area contributed by atoms with Gasteiger partial charge >= 0.3 is 0 Å². The van der Waals surface area contributed by atoms with Crippen molar-refractivity contribution in [2.75, 3.05) is 13.7 Å². The van der Waals surface area contributed by atoms with Gasteiger partial charge in [-0.15, -0.1) is 0 Å². The van der Waals surface area contributed by atoms with E-state index >= 15 is 0 Å². The van der Waals surface area contributed by atoms with Gasteiger partial charge in [-0.3, -0.25) is 9.36 Å². The van der Waals surface area contributed by atoms with Crippen molar-refractivity contribution in [1.82, 2.24) is 14.9 Å². The molecule has 0 spiro atoms. The van der Waals surface area contributed by atoms with Crippen LogP contribution in [0.2, 0.25) is 5.02 Å². The van der Waals surface area contributed by atoms with Crippen LogP contribution in [0, 0.1) is 0 Å². The Morgan fingerprint density at radius 3 is 2.63 bits per heavy atom. The van der Waals surface area contributed by atoms with Crippen molar-refractivity contribution < 1.29 is 4.74 Å². The van der Waals surface area contributed by atoms with Crippen LogP contribution >= 0.6 is 11.6 Å². The van der Waals surface area contributed by atoms with E-state index in [-0.39, 0.29) is 11.6 Å². The third-order valence-corrected chi connectivity index (χ3v) is 4.79. The van der Waals surface area contributed by atoms with Crippen molar-refractivity contribution in [3.63, 3.8) is 0 Å². The van der Waals surface area contributed by atoms with Gasteiger partial charge in [-0.1, -0.05) is 24.9 Å². The Kier molecular flexibility index (Phi) is 6.14. The van der Waals surface area contributed by atoms with E-state index in [9.17, 15) is 4.79 Å². The second-order valence-corrected chi connectivity index (χ2v) is 6.94. The quantitative estimate of drug-likeness (QED) is 0.608. The zero-order valence-corrected chi connectivity index (χ0v) is 16.6. The number of hydrogen-bond donors (Lipinski definition) is 1. The topological polar surface area (TPSA) is 56.2 Å². The Balaban J connectivity index is 2.18. The molecule has 0 amide bonds. The highest BCUT2D eigenvalue weighted by molar-refractivity contribution is 6.31. The summed E-state index contributed by atoms with van der Waals surface area (Å²) in [5.41, 5.74) is 1.25. The molecule has 3 rings (SSSR count). The third-order valence-electron chi connectivity index (χ3n) is 4.56. The number of rotatable bonds is 7. The maximum absolute atomic E-state index is 13.3. The molecule has 27 heavy (non-hydrogen) atoms. The lowest BCUT2D eigenvalue weighted by atomic mass is 10.2. The first-order chi connectivity index (χ1) is 13.0. The zero-order valence-electron chi connectivity index (χ0n) is 15.8. The van der Waals surface area contributed by atoms with E-state index in [4.69, 9.17) is 21.3 Å². The van der Waals surface area contributed by atoms with Crippen molar-refractivity contribution in [2.24, 2.45) is 0 Å². The maximum Gasteiger partial charge on any atom is 0.266 e. The monoisotopic (exact) mass is 385 g/mol. The van der Waals surface area contributed by atoms with Gasteiger partial charge in [0.25, 0.3) is 5.56 Å². The predicted molar refractivity (Wildman–Crippen MR) is 110 cm³/mol. The van der Waals surface area contributed by atoms with Crippen molar-refractivity contribution >= 4 is 22.5 Å². The van der Waals surface area contributed by atoms with Crippen LogP contribution in [0.25, 0.3) is 16.6 Å². The van der Waals surface area contributed by atoms with Gasteiger partial charge in [-0.25, -0.2) is 4.98 Å². The summed E-state index contributed by atoms with van der Waals surface area (Å²) in [6.45, 7) is 5.04. The molecule has 3 aromatic rings. The Hall–Kier alpha value is -2.37. The van der Waals surface area contributed by atoms with Gasteiger partial charge in [0, 0.05) is 5.02 Å².